The Hall–Kier alpha value is -0.570. The molecule has 3 nitrogen and oxygen atoms in total. The Bertz CT molecular complexity index is 179. The van der Waals surface area contributed by atoms with Crippen LogP contribution in [0.2, 0.25) is 0 Å². The summed E-state index contributed by atoms with van der Waals surface area (Å²) in [5.74, 6) is 1.18. The van der Waals surface area contributed by atoms with Gasteiger partial charge in [-0.25, -0.2) is 0 Å². The molecule has 1 aliphatic rings. The van der Waals surface area contributed by atoms with E-state index < -0.39 is 0 Å². The number of rotatable bonds is 4. The van der Waals surface area contributed by atoms with Gasteiger partial charge in [0.2, 0.25) is 0 Å². The fourth-order valence-electron chi connectivity index (χ4n) is 2.04. The van der Waals surface area contributed by atoms with Crippen molar-refractivity contribution in [1.29, 1.82) is 5.41 Å². The Morgan fingerprint density at radius 1 is 1.69 bits per heavy atom. The standard InChI is InChI=1S/C10H21N3/c1-3-9-4-5-13(7-9)8(2)6-10(11)12/h8-9H,3-7H2,1-2H3,(H3,11,12). The van der Waals surface area contributed by atoms with Crippen LogP contribution in [0.5, 0.6) is 0 Å². The molecule has 2 unspecified atom stereocenters. The van der Waals surface area contributed by atoms with E-state index in [4.69, 9.17) is 11.1 Å². The first-order valence-corrected chi connectivity index (χ1v) is 5.20. The van der Waals surface area contributed by atoms with Crippen LogP contribution in [-0.4, -0.2) is 29.9 Å². The lowest BCUT2D eigenvalue weighted by atomic mass is 10.1. The van der Waals surface area contributed by atoms with Crippen molar-refractivity contribution in [2.75, 3.05) is 13.1 Å². The lowest BCUT2D eigenvalue weighted by Crippen LogP contribution is -2.34. The van der Waals surface area contributed by atoms with Gasteiger partial charge in [0, 0.05) is 19.0 Å². The maximum absolute atomic E-state index is 7.23. The predicted molar refractivity (Wildman–Crippen MR) is 56.0 cm³/mol. The lowest BCUT2D eigenvalue weighted by molar-refractivity contribution is 0.253. The van der Waals surface area contributed by atoms with E-state index in [9.17, 15) is 0 Å². The molecule has 1 saturated heterocycles. The van der Waals surface area contributed by atoms with Crippen molar-refractivity contribution in [3.8, 4) is 0 Å². The number of hydrogen-bond acceptors (Lipinski definition) is 2. The zero-order chi connectivity index (χ0) is 9.84. The zero-order valence-corrected chi connectivity index (χ0v) is 8.71. The zero-order valence-electron chi connectivity index (χ0n) is 8.71. The van der Waals surface area contributed by atoms with E-state index >= 15 is 0 Å². The van der Waals surface area contributed by atoms with Gasteiger partial charge in [0.25, 0.3) is 0 Å². The molecule has 0 spiro atoms. The number of amidine groups is 1. The van der Waals surface area contributed by atoms with Crippen molar-refractivity contribution in [1.82, 2.24) is 4.90 Å². The maximum atomic E-state index is 7.23. The van der Waals surface area contributed by atoms with Crippen LogP contribution in [0, 0.1) is 11.3 Å². The summed E-state index contributed by atoms with van der Waals surface area (Å²) in [6.45, 7) is 6.81. The Balaban J connectivity index is 2.32. The van der Waals surface area contributed by atoms with E-state index in [0.717, 1.165) is 12.3 Å². The van der Waals surface area contributed by atoms with E-state index in [0.29, 0.717) is 11.9 Å². The first-order valence-electron chi connectivity index (χ1n) is 5.20. The van der Waals surface area contributed by atoms with Crippen molar-refractivity contribution in [2.24, 2.45) is 11.7 Å². The maximum Gasteiger partial charge on any atom is 0.0920 e. The van der Waals surface area contributed by atoms with Crippen LogP contribution in [0.15, 0.2) is 0 Å². The van der Waals surface area contributed by atoms with Gasteiger partial charge in [-0.1, -0.05) is 13.3 Å². The quantitative estimate of drug-likeness (QED) is 0.512. The second kappa shape index (κ2) is 4.61. The van der Waals surface area contributed by atoms with Crippen LogP contribution < -0.4 is 5.73 Å². The third-order valence-corrected chi connectivity index (χ3v) is 3.03. The smallest absolute Gasteiger partial charge is 0.0920 e. The van der Waals surface area contributed by atoms with Gasteiger partial charge in [0.05, 0.1) is 5.84 Å². The number of nitrogens with zero attached hydrogens (tertiary/aromatic N) is 1. The summed E-state index contributed by atoms with van der Waals surface area (Å²) in [6.07, 6.45) is 3.32. The first-order chi connectivity index (χ1) is 6.13. The molecule has 0 amide bonds. The Labute approximate surface area is 80.8 Å². The molecule has 1 aliphatic heterocycles. The summed E-state index contributed by atoms with van der Waals surface area (Å²) in [5.41, 5.74) is 5.38. The van der Waals surface area contributed by atoms with Gasteiger partial charge < -0.3 is 5.73 Å². The fourth-order valence-corrected chi connectivity index (χ4v) is 2.04. The summed E-state index contributed by atoms with van der Waals surface area (Å²) in [4.78, 5) is 2.45. The fraction of sp³-hybridized carbons (Fsp3) is 0.900. The molecular formula is C10H21N3. The summed E-state index contributed by atoms with van der Waals surface area (Å²) in [6, 6.07) is 0.453. The Kier molecular flexibility index (Phi) is 3.72. The molecule has 0 saturated carbocycles. The minimum atomic E-state index is 0.312. The highest BCUT2D eigenvalue weighted by Gasteiger charge is 2.24. The van der Waals surface area contributed by atoms with Gasteiger partial charge in [0.1, 0.15) is 0 Å². The second-order valence-corrected chi connectivity index (χ2v) is 4.14. The highest BCUT2D eigenvalue weighted by atomic mass is 15.2. The molecule has 0 aromatic heterocycles. The van der Waals surface area contributed by atoms with Gasteiger partial charge in [-0.15, -0.1) is 0 Å². The van der Waals surface area contributed by atoms with Crippen LogP contribution in [-0.2, 0) is 0 Å². The molecule has 76 valence electrons. The van der Waals surface area contributed by atoms with Gasteiger partial charge in [-0.05, 0) is 25.8 Å². The van der Waals surface area contributed by atoms with Crippen molar-refractivity contribution < 1.29 is 0 Å². The van der Waals surface area contributed by atoms with E-state index in [1.165, 1.54) is 25.9 Å². The molecule has 1 fully saturated rings. The summed E-state index contributed by atoms with van der Waals surface area (Å²) in [7, 11) is 0. The van der Waals surface area contributed by atoms with Gasteiger partial charge >= 0.3 is 0 Å². The third kappa shape index (κ3) is 2.99. The highest BCUT2D eigenvalue weighted by molar-refractivity contribution is 5.77. The van der Waals surface area contributed by atoms with Crippen molar-refractivity contribution in [3.63, 3.8) is 0 Å². The minimum Gasteiger partial charge on any atom is -0.388 e. The van der Waals surface area contributed by atoms with Gasteiger partial charge in [0.15, 0.2) is 0 Å². The molecule has 3 N–H and O–H groups in total. The molecule has 0 aliphatic carbocycles. The van der Waals surface area contributed by atoms with Crippen LogP contribution >= 0.6 is 0 Å². The number of hydrogen-bond donors (Lipinski definition) is 2. The van der Waals surface area contributed by atoms with Crippen LogP contribution in [0.25, 0.3) is 0 Å². The molecule has 1 heterocycles. The van der Waals surface area contributed by atoms with Crippen LogP contribution in [0.4, 0.5) is 0 Å². The summed E-state index contributed by atoms with van der Waals surface area (Å²) < 4.78 is 0. The molecule has 0 bridgehead atoms. The molecule has 0 aromatic carbocycles. The summed E-state index contributed by atoms with van der Waals surface area (Å²) in [5, 5.41) is 7.23. The molecule has 0 aromatic rings. The lowest BCUT2D eigenvalue weighted by Gasteiger charge is -2.23. The van der Waals surface area contributed by atoms with E-state index in [-0.39, 0.29) is 0 Å². The average Bonchev–Trinajstić information content (AvgIpc) is 2.50. The third-order valence-electron chi connectivity index (χ3n) is 3.03. The Morgan fingerprint density at radius 2 is 2.38 bits per heavy atom. The Morgan fingerprint density at radius 3 is 2.85 bits per heavy atom. The van der Waals surface area contributed by atoms with Crippen molar-refractivity contribution >= 4 is 5.84 Å². The molecule has 0 radical (unpaired) electrons. The molecule has 2 atom stereocenters. The first kappa shape index (κ1) is 10.5. The molecule has 1 rings (SSSR count). The minimum absolute atomic E-state index is 0.312. The van der Waals surface area contributed by atoms with Crippen molar-refractivity contribution in [2.45, 2.75) is 39.2 Å². The molecule has 3 heteroatoms. The second-order valence-electron chi connectivity index (χ2n) is 4.14. The molecular weight excluding hydrogens is 162 g/mol. The normalized spacial score (nSPS) is 26.2. The van der Waals surface area contributed by atoms with E-state index in [1.54, 1.807) is 0 Å². The average molecular weight is 183 g/mol. The highest BCUT2D eigenvalue weighted by Crippen LogP contribution is 2.21. The predicted octanol–water partition coefficient (Wildman–Crippen LogP) is 1.43. The number of nitrogens with one attached hydrogen (secondary N) is 1. The van der Waals surface area contributed by atoms with Gasteiger partial charge in [-0.3, -0.25) is 10.3 Å². The van der Waals surface area contributed by atoms with Crippen molar-refractivity contribution in [3.05, 3.63) is 0 Å². The number of nitrogens with two attached hydrogens (primary N) is 1. The topological polar surface area (TPSA) is 53.1 Å². The SMILES string of the molecule is CCC1CCN(C(C)CC(=N)N)C1. The van der Waals surface area contributed by atoms with Crippen LogP contribution in [0.3, 0.4) is 0 Å². The van der Waals surface area contributed by atoms with Gasteiger partial charge in [-0.2, -0.15) is 0 Å². The number of likely N-dealkylation sites (tertiary alicyclic amines) is 1. The molecule has 13 heavy (non-hydrogen) atoms. The summed E-state index contributed by atoms with van der Waals surface area (Å²) >= 11 is 0. The van der Waals surface area contributed by atoms with E-state index in [2.05, 4.69) is 18.7 Å². The monoisotopic (exact) mass is 183 g/mol. The van der Waals surface area contributed by atoms with E-state index in [1.807, 2.05) is 0 Å². The largest absolute Gasteiger partial charge is 0.388 e. The van der Waals surface area contributed by atoms with Crippen LogP contribution in [0.1, 0.15) is 33.1 Å².